The van der Waals surface area contributed by atoms with Gasteiger partial charge in [-0.05, 0) is 42.8 Å². The van der Waals surface area contributed by atoms with E-state index in [9.17, 15) is 13.2 Å². The third-order valence-electron chi connectivity index (χ3n) is 5.82. The number of aromatic nitrogens is 5. The van der Waals surface area contributed by atoms with Crippen molar-refractivity contribution < 1.29 is 27.4 Å². The number of fused-ring (bicyclic) bond motifs is 5. The molecule has 2 aromatic heterocycles. The number of hydrogen-bond acceptors (Lipinski definition) is 9. The van der Waals surface area contributed by atoms with Gasteiger partial charge in [-0.2, -0.15) is 0 Å². The van der Waals surface area contributed by atoms with E-state index in [-0.39, 0.29) is 23.9 Å². The first-order valence-corrected chi connectivity index (χ1v) is 13.0. The molecule has 11 nitrogen and oxygen atoms in total. The fourth-order valence-electron chi connectivity index (χ4n) is 4.07. The average molecular weight is 510 g/mol. The van der Waals surface area contributed by atoms with E-state index in [2.05, 4.69) is 15.2 Å². The number of methoxy groups -OCH3 is 1. The summed E-state index contributed by atoms with van der Waals surface area (Å²) in [5.74, 6) is 2.02. The standard InChI is InChI=1S/C24H23N5O6S/c1-4-34-24(30)35-23-20-13-28-21(11-15-5-8-17(9-6-15)36(3,31)32)26-27-22(28)18-12-16(33-2)7-10-19(18)29(20)14-25-23/h5-10,12,14H,4,11,13H2,1-3H3. The first-order valence-electron chi connectivity index (χ1n) is 11.1. The van der Waals surface area contributed by atoms with Crippen LogP contribution < -0.4 is 9.47 Å². The van der Waals surface area contributed by atoms with Gasteiger partial charge >= 0.3 is 6.16 Å². The van der Waals surface area contributed by atoms with Crippen molar-refractivity contribution in [1.29, 1.82) is 0 Å². The molecule has 3 heterocycles. The lowest BCUT2D eigenvalue weighted by Crippen LogP contribution is -2.14. The maximum Gasteiger partial charge on any atom is 0.515 e. The first-order chi connectivity index (χ1) is 17.3. The van der Waals surface area contributed by atoms with Crippen molar-refractivity contribution in [3.8, 4) is 28.7 Å². The van der Waals surface area contributed by atoms with Gasteiger partial charge in [0.25, 0.3) is 0 Å². The molecule has 0 spiro atoms. The van der Waals surface area contributed by atoms with Crippen molar-refractivity contribution in [1.82, 2.24) is 24.3 Å². The van der Waals surface area contributed by atoms with Gasteiger partial charge in [-0.3, -0.25) is 4.57 Å². The zero-order valence-electron chi connectivity index (χ0n) is 19.8. The van der Waals surface area contributed by atoms with E-state index in [1.165, 1.54) is 6.26 Å². The van der Waals surface area contributed by atoms with Crippen LogP contribution in [0, 0.1) is 0 Å². The fraction of sp³-hybridized carbons (Fsp3) is 0.250. The summed E-state index contributed by atoms with van der Waals surface area (Å²) in [6.07, 6.45) is 2.32. The Balaban J connectivity index is 1.59. The number of benzene rings is 2. The second-order valence-corrected chi connectivity index (χ2v) is 10.2. The minimum Gasteiger partial charge on any atom is -0.497 e. The zero-order valence-corrected chi connectivity index (χ0v) is 20.7. The lowest BCUT2D eigenvalue weighted by Gasteiger charge is -2.10. The van der Waals surface area contributed by atoms with Crippen LogP contribution in [-0.4, -0.2) is 58.9 Å². The average Bonchev–Trinajstić information content (AvgIpc) is 3.39. The Hall–Kier alpha value is -4.19. The molecule has 36 heavy (non-hydrogen) atoms. The normalized spacial score (nSPS) is 12.2. The lowest BCUT2D eigenvalue weighted by atomic mass is 10.1. The molecule has 0 aliphatic carbocycles. The van der Waals surface area contributed by atoms with E-state index in [0.29, 0.717) is 29.5 Å². The highest BCUT2D eigenvalue weighted by molar-refractivity contribution is 7.90. The van der Waals surface area contributed by atoms with Gasteiger partial charge in [0.2, 0.25) is 5.88 Å². The highest BCUT2D eigenvalue weighted by Gasteiger charge is 2.28. The zero-order chi connectivity index (χ0) is 25.4. The molecule has 0 N–H and O–H groups in total. The summed E-state index contributed by atoms with van der Waals surface area (Å²) < 4.78 is 43.1. The number of nitrogens with zero attached hydrogens (tertiary/aromatic N) is 5. The van der Waals surface area contributed by atoms with E-state index in [0.717, 1.165) is 16.8 Å². The maximum atomic E-state index is 12.0. The van der Waals surface area contributed by atoms with Gasteiger partial charge in [-0.25, -0.2) is 18.2 Å². The second kappa shape index (κ2) is 9.11. The van der Waals surface area contributed by atoms with Crippen molar-refractivity contribution in [3.05, 3.63) is 65.9 Å². The van der Waals surface area contributed by atoms with E-state index >= 15 is 0 Å². The van der Waals surface area contributed by atoms with Gasteiger partial charge in [0.1, 0.15) is 23.6 Å². The van der Waals surface area contributed by atoms with Gasteiger partial charge in [-0.15, -0.1) is 10.2 Å². The van der Waals surface area contributed by atoms with Crippen LogP contribution in [0.15, 0.2) is 53.7 Å². The number of ether oxygens (including phenoxy) is 3. The molecule has 0 saturated carbocycles. The Labute approximate surface area is 207 Å². The highest BCUT2D eigenvalue weighted by Crippen LogP contribution is 2.36. The van der Waals surface area contributed by atoms with Crippen molar-refractivity contribution in [3.63, 3.8) is 0 Å². The summed E-state index contributed by atoms with van der Waals surface area (Å²) in [5, 5.41) is 8.89. The van der Waals surface area contributed by atoms with Crippen LogP contribution in [0.3, 0.4) is 0 Å². The van der Waals surface area contributed by atoms with Crippen molar-refractivity contribution in [2.24, 2.45) is 0 Å². The molecule has 186 valence electrons. The number of carbonyl (C=O) groups excluding carboxylic acids is 1. The van der Waals surface area contributed by atoms with Gasteiger partial charge in [0.05, 0.1) is 30.8 Å². The molecule has 0 atom stereocenters. The number of imidazole rings is 1. The minimum absolute atomic E-state index is 0.125. The monoisotopic (exact) mass is 509 g/mol. The van der Waals surface area contributed by atoms with E-state index in [4.69, 9.17) is 14.2 Å². The Kier molecular flexibility index (Phi) is 5.96. The maximum absolute atomic E-state index is 12.0. The van der Waals surface area contributed by atoms with Gasteiger partial charge < -0.3 is 18.8 Å². The van der Waals surface area contributed by atoms with E-state index < -0.39 is 16.0 Å². The lowest BCUT2D eigenvalue weighted by molar-refractivity contribution is 0.102. The second-order valence-electron chi connectivity index (χ2n) is 8.15. The molecule has 4 aromatic rings. The predicted octanol–water partition coefficient (Wildman–Crippen LogP) is 3.03. The molecule has 0 saturated heterocycles. The Morgan fingerprint density at radius 1 is 1.11 bits per heavy atom. The molecule has 0 bridgehead atoms. The molecule has 0 fully saturated rings. The molecule has 12 heteroatoms. The molecule has 5 rings (SSSR count). The van der Waals surface area contributed by atoms with Crippen molar-refractivity contribution >= 4 is 16.0 Å². The molecule has 0 unspecified atom stereocenters. The van der Waals surface area contributed by atoms with Crippen LogP contribution in [-0.2, 0) is 27.5 Å². The van der Waals surface area contributed by atoms with Crippen molar-refractivity contribution in [2.45, 2.75) is 24.8 Å². The highest BCUT2D eigenvalue weighted by atomic mass is 32.2. The number of rotatable bonds is 6. The Morgan fingerprint density at radius 3 is 2.58 bits per heavy atom. The largest absolute Gasteiger partial charge is 0.515 e. The molecule has 1 aliphatic heterocycles. The third kappa shape index (κ3) is 4.31. The van der Waals surface area contributed by atoms with Crippen LogP contribution in [0.1, 0.15) is 24.0 Å². The summed E-state index contributed by atoms with van der Waals surface area (Å²) in [6.45, 7) is 2.14. The van der Waals surface area contributed by atoms with Crippen LogP contribution in [0.4, 0.5) is 4.79 Å². The molecular formula is C24H23N5O6S. The summed E-state index contributed by atoms with van der Waals surface area (Å²) in [5.41, 5.74) is 3.01. The molecule has 1 aliphatic rings. The van der Waals surface area contributed by atoms with Gasteiger partial charge in [0, 0.05) is 18.2 Å². The predicted molar refractivity (Wildman–Crippen MR) is 128 cm³/mol. The number of hydrogen-bond donors (Lipinski definition) is 0. The quantitative estimate of drug-likeness (QED) is 0.317. The van der Waals surface area contributed by atoms with E-state index in [1.807, 2.05) is 27.3 Å². The summed E-state index contributed by atoms with van der Waals surface area (Å²) in [4.78, 5) is 16.6. The van der Waals surface area contributed by atoms with Crippen LogP contribution >= 0.6 is 0 Å². The Bertz CT molecular complexity index is 1560. The molecule has 2 aromatic carbocycles. The van der Waals surface area contributed by atoms with Crippen LogP contribution in [0.5, 0.6) is 11.6 Å². The van der Waals surface area contributed by atoms with Crippen LogP contribution in [0.2, 0.25) is 0 Å². The van der Waals surface area contributed by atoms with Gasteiger partial charge in [0.15, 0.2) is 15.7 Å². The topological polar surface area (TPSA) is 127 Å². The SMILES string of the molecule is CCOC(=O)Oc1ncn2c1Cn1c(Cc3ccc(S(C)(=O)=O)cc3)nnc1-c1cc(OC)ccc1-2. The van der Waals surface area contributed by atoms with E-state index in [1.54, 1.807) is 44.6 Å². The van der Waals surface area contributed by atoms with Crippen molar-refractivity contribution in [2.75, 3.05) is 20.0 Å². The molecule has 0 radical (unpaired) electrons. The summed E-state index contributed by atoms with van der Waals surface area (Å²) in [7, 11) is -1.71. The summed E-state index contributed by atoms with van der Waals surface area (Å²) in [6, 6.07) is 12.2. The Morgan fingerprint density at radius 2 is 1.89 bits per heavy atom. The summed E-state index contributed by atoms with van der Waals surface area (Å²) >= 11 is 0. The number of carbonyl (C=O) groups is 1. The molecule has 0 amide bonds. The minimum atomic E-state index is -3.29. The van der Waals surface area contributed by atoms with Gasteiger partial charge in [-0.1, -0.05) is 12.1 Å². The number of sulfone groups is 1. The smallest absolute Gasteiger partial charge is 0.497 e. The molecular weight excluding hydrogens is 486 g/mol. The first kappa shape index (κ1) is 23.5. The fourth-order valence-corrected chi connectivity index (χ4v) is 4.70. The van der Waals surface area contributed by atoms with Crippen LogP contribution in [0.25, 0.3) is 17.1 Å². The third-order valence-corrected chi connectivity index (χ3v) is 6.95.